The third-order valence-corrected chi connectivity index (χ3v) is 3.88. The van der Waals surface area contributed by atoms with Crippen LogP contribution in [0.25, 0.3) is 0 Å². The molecule has 1 saturated carbocycles. The number of aliphatic hydroxyl groups is 1. The molecule has 0 aromatic rings. The Morgan fingerprint density at radius 3 is 2.92 bits per heavy atom. The van der Waals surface area contributed by atoms with Gasteiger partial charge in [-0.05, 0) is 44.9 Å². The predicted molar refractivity (Wildman–Crippen MR) is 54.4 cm³/mol. The van der Waals surface area contributed by atoms with Gasteiger partial charge in [0.1, 0.15) is 0 Å². The van der Waals surface area contributed by atoms with Crippen LogP contribution in [-0.2, 0) is 0 Å². The largest absolute Gasteiger partial charge is 0.390 e. The molecule has 0 bridgehead atoms. The molecular formula is C12H20O. The van der Waals surface area contributed by atoms with Gasteiger partial charge < -0.3 is 5.11 Å². The van der Waals surface area contributed by atoms with E-state index in [0.29, 0.717) is 11.8 Å². The van der Waals surface area contributed by atoms with Crippen molar-refractivity contribution >= 4 is 0 Å². The zero-order valence-corrected chi connectivity index (χ0v) is 8.71. The van der Waals surface area contributed by atoms with Crippen LogP contribution in [0.15, 0.2) is 11.6 Å². The number of fused-ring (bicyclic) bond motifs is 1. The third-order valence-electron chi connectivity index (χ3n) is 3.88. The molecule has 0 aromatic carbocycles. The fourth-order valence-electron chi connectivity index (χ4n) is 2.96. The first kappa shape index (κ1) is 9.26. The van der Waals surface area contributed by atoms with Crippen molar-refractivity contribution in [1.29, 1.82) is 0 Å². The van der Waals surface area contributed by atoms with Crippen LogP contribution in [-0.4, -0.2) is 10.7 Å². The van der Waals surface area contributed by atoms with Crippen LogP contribution < -0.4 is 0 Å². The van der Waals surface area contributed by atoms with Crippen molar-refractivity contribution in [1.82, 2.24) is 0 Å². The Labute approximate surface area is 80.8 Å². The van der Waals surface area contributed by atoms with Crippen molar-refractivity contribution in [3.63, 3.8) is 0 Å². The van der Waals surface area contributed by atoms with E-state index in [4.69, 9.17) is 0 Å². The Kier molecular flexibility index (Phi) is 2.23. The molecule has 2 rings (SSSR count). The molecule has 0 heterocycles. The van der Waals surface area contributed by atoms with Gasteiger partial charge in [0.25, 0.3) is 0 Å². The normalized spacial score (nSPS) is 45.3. The Bertz CT molecular complexity index is 227. The molecule has 1 heteroatoms. The molecular weight excluding hydrogens is 160 g/mol. The molecule has 0 aromatic heterocycles. The molecule has 2 aliphatic carbocycles. The molecule has 74 valence electrons. The second-order valence-corrected chi connectivity index (χ2v) is 4.98. The van der Waals surface area contributed by atoms with Gasteiger partial charge in [0, 0.05) is 5.92 Å². The molecule has 1 N–H and O–H groups in total. The predicted octanol–water partition coefficient (Wildman–Crippen LogP) is 2.89. The highest BCUT2D eigenvalue weighted by atomic mass is 16.3. The van der Waals surface area contributed by atoms with Crippen LogP contribution in [0.4, 0.5) is 0 Å². The van der Waals surface area contributed by atoms with E-state index in [2.05, 4.69) is 13.0 Å². The first-order valence-corrected chi connectivity index (χ1v) is 5.53. The van der Waals surface area contributed by atoms with Crippen molar-refractivity contribution in [2.24, 2.45) is 11.8 Å². The van der Waals surface area contributed by atoms with Gasteiger partial charge in [0.05, 0.1) is 5.60 Å². The summed E-state index contributed by atoms with van der Waals surface area (Å²) in [5.41, 5.74) is 1.13. The topological polar surface area (TPSA) is 20.2 Å². The van der Waals surface area contributed by atoms with E-state index in [9.17, 15) is 5.11 Å². The second-order valence-electron chi connectivity index (χ2n) is 4.98. The molecule has 3 atom stereocenters. The lowest BCUT2D eigenvalue weighted by Crippen LogP contribution is -2.42. The van der Waals surface area contributed by atoms with Crippen molar-refractivity contribution in [2.75, 3.05) is 0 Å². The van der Waals surface area contributed by atoms with Crippen LogP contribution in [0.2, 0.25) is 0 Å². The van der Waals surface area contributed by atoms with Gasteiger partial charge >= 0.3 is 0 Å². The molecule has 0 radical (unpaired) electrons. The summed E-state index contributed by atoms with van der Waals surface area (Å²) >= 11 is 0. The lowest BCUT2D eigenvalue weighted by atomic mass is 9.65. The molecule has 0 amide bonds. The highest BCUT2D eigenvalue weighted by Crippen LogP contribution is 2.45. The summed E-state index contributed by atoms with van der Waals surface area (Å²) in [7, 11) is 0. The van der Waals surface area contributed by atoms with Crippen LogP contribution in [0.3, 0.4) is 0 Å². The van der Waals surface area contributed by atoms with E-state index in [1.54, 1.807) is 5.57 Å². The van der Waals surface area contributed by atoms with E-state index in [0.717, 1.165) is 12.8 Å². The molecule has 1 fully saturated rings. The van der Waals surface area contributed by atoms with Gasteiger partial charge in [-0.15, -0.1) is 0 Å². The van der Waals surface area contributed by atoms with Gasteiger partial charge in [-0.25, -0.2) is 0 Å². The summed E-state index contributed by atoms with van der Waals surface area (Å²) < 4.78 is 0. The number of hydrogen-bond acceptors (Lipinski definition) is 1. The Morgan fingerprint density at radius 1 is 1.46 bits per heavy atom. The zero-order chi connectivity index (χ0) is 9.47. The summed E-state index contributed by atoms with van der Waals surface area (Å²) in [6.45, 7) is 4.32. The molecule has 1 nitrogen and oxygen atoms in total. The quantitative estimate of drug-likeness (QED) is 0.568. The standard InChI is InChI=1S/C12H20O/c1-9-7-8-12(2,13)11-6-4-3-5-10(9)11/h5,9,11,13H,3-4,6-8H2,1-2H3/t9-,11+,12-/m1/s1. The van der Waals surface area contributed by atoms with Gasteiger partial charge in [0.15, 0.2) is 0 Å². The van der Waals surface area contributed by atoms with Crippen molar-refractivity contribution in [2.45, 2.75) is 51.6 Å². The Balaban J connectivity index is 2.27. The van der Waals surface area contributed by atoms with E-state index in [1.165, 1.54) is 19.3 Å². The summed E-state index contributed by atoms with van der Waals surface area (Å²) in [5.74, 6) is 1.18. The highest BCUT2D eigenvalue weighted by molar-refractivity contribution is 5.20. The minimum atomic E-state index is -0.418. The smallest absolute Gasteiger partial charge is 0.0685 e. The molecule has 0 saturated heterocycles. The first-order chi connectivity index (χ1) is 6.11. The molecule has 0 aliphatic heterocycles. The Hall–Kier alpha value is -0.300. The van der Waals surface area contributed by atoms with Gasteiger partial charge in [0.2, 0.25) is 0 Å². The minimum Gasteiger partial charge on any atom is -0.390 e. The Morgan fingerprint density at radius 2 is 2.23 bits per heavy atom. The minimum absolute atomic E-state index is 0.418. The monoisotopic (exact) mass is 180 g/mol. The maximum atomic E-state index is 10.2. The van der Waals surface area contributed by atoms with Crippen LogP contribution in [0, 0.1) is 11.8 Å². The maximum absolute atomic E-state index is 10.2. The zero-order valence-electron chi connectivity index (χ0n) is 8.71. The fourth-order valence-corrected chi connectivity index (χ4v) is 2.96. The number of hydrogen-bond donors (Lipinski definition) is 1. The van der Waals surface area contributed by atoms with Crippen LogP contribution >= 0.6 is 0 Å². The summed E-state index contributed by atoms with van der Waals surface area (Å²) in [6, 6.07) is 0. The van der Waals surface area contributed by atoms with Gasteiger partial charge in [-0.3, -0.25) is 0 Å². The molecule has 0 spiro atoms. The van der Waals surface area contributed by atoms with Crippen LogP contribution in [0.1, 0.15) is 46.0 Å². The molecule has 2 aliphatic rings. The second kappa shape index (κ2) is 3.13. The number of rotatable bonds is 0. The lowest BCUT2D eigenvalue weighted by molar-refractivity contribution is -0.0230. The van der Waals surface area contributed by atoms with Gasteiger partial charge in [-0.2, -0.15) is 0 Å². The number of allylic oxidation sites excluding steroid dienone is 1. The summed E-state index contributed by atoms with van der Waals surface area (Å²) in [6.07, 6.45) is 8.21. The highest BCUT2D eigenvalue weighted by Gasteiger charge is 2.40. The van der Waals surface area contributed by atoms with Crippen LogP contribution in [0.5, 0.6) is 0 Å². The van der Waals surface area contributed by atoms with E-state index >= 15 is 0 Å². The third kappa shape index (κ3) is 1.54. The lowest BCUT2D eigenvalue weighted by Gasteiger charge is -2.44. The van der Waals surface area contributed by atoms with Crippen molar-refractivity contribution in [3.8, 4) is 0 Å². The van der Waals surface area contributed by atoms with Crippen molar-refractivity contribution < 1.29 is 5.11 Å². The average molecular weight is 180 g/mol. The summed E-state index contributed by atoms with van der Waals surface area (Å²) in [4.78, 5) is 0. The van der Waals surface area contributed by atoms with Gasteiger partial charge in [-0.1, -0.05) is 18.6 Å². The fraction of sp³-hybridized carbons (Fsp3) is 0.833. The van der Waals surface area contributed by atoms with Crippen molar-refractivity contribution in [3.05, 3.63) is 11.6 Å². The maximum Gasteiger partial charge on any atom is 0.0685 e. The molecule has 0 unspecified atom stereocenters. The molecule has 13 heavy (non-hydrogen) atoms. The SMILES string of the molecule is C[C@@H]1CC[C@@](C)(O)[C@H]2CCCC=C12. The van der Waals surface area contributed by atoms with E-state index in [-0.39, 0.29) is 0 Å². The first-order valence-electron chi connectivity index (χ1n) is 5.53. The van der Waals surface area contributed by atoms with E-state index in [1.807, 2.05) is 6.92 Å². The summed E-state index contributed by atoms with van der Waals surface area (Å²) in [5, 5.41) is 10.2. The van der Waals surface area contributed by atoms with E-state index < -0.39 is 5.60 Å². The average Bonchev–Trinajstić information content (AvgIpc) is 2.13.